The molecule has 2 heterocycles. The fourth-order valence-electron chi connectivity index (χ4n) is 2.59. The number of hydrogen-bond donors (Lipinski definition) is 2. The highest BCUT2D eigenvalue weighted by molar-refractivity contribution is 7.99. The second kappa shape index (κ2) is 6.14. The summed E-state index contributed by atoms with van der Waals surface area (Å²) in [5.74, 6) is 1.95. The monoisotopic (exact) mass is 339 g/mol. The summed E-state index contributed by atoms with van der Waals surface area (Å²) in [5, 5.41) is 14.8. The molecule has 118 valence electrons. The first kappa shape index (κ1) is 15.7. The zero-order valence-electron chi connectivity index (χ0n) is 12.3. The number of nitrogens with one attached hydrogen (secondary N) is 1. The van der Waals surface area contributed by atoms with Gasteiger partial charge in [-0.15, -0.1) is 0 Å². The Balaban J connectivity index is 1.75. The first-order valence-electron chi connectivity index (χ1n) is 7.28. The third-order valence-corrected chi connectivity index (χ3v) is 5.24. The molecule has 22 heavy (non-hydrogen) atoms. The topological polar surface area (TPSA) is 62.5 Å². The van der Waals surface area contributed by atoms with Gasteiger partial charge in [0, 0.05) is 10.4 Å². The number of aliphatic hydroxyl groups is 1. The molecule has 1 aliphatic rings. The van der Waals surface area contributed by atoms with Gasteiger partial charge in [0.2, 0.25) is 0 Å². The number of rotatable bonds is 3. The summed E-state index contributed by atoms with van der Waals surface area (Å²) >= 11 is 7.73. The highest BCUT2D eigenvalue weighted by Gasteiger charge is 2.38. The lowest BCUT2D eigenvalue weighted by Gasteiger charge is -2.31. The minimum Gasteiger partial charge on any atom is -0.459 e. The van der Waals surface area contributed by atoms with Crippen molar-refractivity contribution in [3.63, 3.8) is 0 Å². The predicted molar refractivity (Wildman–Crippen MR) is 89.3 cm³/mol. The Morgan fingerprint density at radius 2 is 2.14 bits per heavy atom. The van der Waals surface area contributed by atoms with Crippen LogP contribution in [-0.2, 0) is 4.79 Å². The normalized spacial score (nSPS) is 19.0. The number of carbonyl (C=O) groups excluding carboxylic acids is 1. The van der Waals surface area contributed by atoms with Crippen molar-refractivity contribution in [1.29, 1.82) is 0 Å². The molecule has 0 spiro atoms. The SMILES string of the molecule is C[C@H](NC(=O)C1(O)CCSCC1)c1cc2cc(Cl)ccc2o1. The van der Waals surface area contributed by atoms with Crippen molar-refractivity contribution in [3.8, 4) is 0 Å². The fraction of sp³-hybridized carbons (Fsp3) is 0.438. The largest absolute Gasteiger partial charge is 0.459 e. The molecule has 0 aliphatic carbocycles. The summed E-state index contributed by atoms with van der Waals surface area (Å²) in [5.41, 5.74) is -0.525. The van der Waals surface area contributed by atoms with Gasteiger partial charge in [-0.1, -0.05) is 11.6 Å². The Morgan fingerprint density at radius 3 is 2.86 bits per heavy atom. The van der Waals surface area contributed by atoms with Gasteiger partial charge in [0.25, 0.3) is 5.91 Å². The van der Waals surface area contributed by atoms with Crippen LogP contribution in [0.4, 0.5) is 0 Å². The van der Waals surface area contributed by atoms with Crippen LogP contribution >= 0.6 is 23.4 Å². The number of amides is 1. The van der Waals surface area contributed by atoms with E-state index >= 15 is 0 Å². The van der Waals surface area contributed by atoms with E-state index in [0.29, 0.717) is 23.6 Å². The Labute approximate surface area is 138 Å². The maximum atomic E-state index is 12.3. The standard InChI is InChI=1S/C16H18ClNO3S/c1-10(18-15(19)16(20)4-6-22-7-5-16)14-9-11-8-12(17)2-3-13(11)21-14/h2-3,8-10,20H,4-7H2,1H3,(H,18,19)/t10-/m0/s1. The van der Waals surface area contributed by atoms with Crippen LogP contribution in [-0.4, -0.2) is 28.1 Å². The van der Waals surface area contributed by atoms with E-state index in [9.17, 15) is 9.90 Å². The Morgan fingerprint density at radius 1 is 1.41 bits per heavy atom. The Bertz CT molecular complexity index is 694. The van der Waals surface area contributed by atoms with Gasteiger partial charge < -0.3 is 14.8 Å². The second-order valence-electron chi connectivity index (χ2n) is 5.67. The van der Waals surface area contributed by atoms with Crippen LogP contribution in [0.15, 0.2) is 28.7 Å². The van der Waals surface area contributed by atoms with Crippen molar-refractivity contribution in [3.05, 3.63) is 35.0 Å². The minimum atomic E-state index is -1.26. The van der Waals surface area contributed by atoms with Gasteiger partial charge >= 0.3 is 0 Å². The molecule has 2 N–H and O–H groups in total. The molecule has 0 unspecified atom stereocenters. The van der Waals surface area contributed by atoms with E-state index in [0.717, 1.165) is 22.5 Å². The van der Waals surface area contributed by atoms with E-state index in [2.05, 4.69) is 5.32 Å². The maximum absolute atomic E-state index is 12.3. The molecule has 0 bridgehead atoms. The van der Waals surface area contributed by atoms with Crippen LogP contribution in [0.3, 0.4) is 0 Å². The number of carbonyl (C=O) groups is 1. The zero-order valence-corrected chi connectivity index (χ0v) is 13.8. The van der Waals surface area contributed by atoms with E-state index in [1.165, 1.54) is 0 Å². The highest BCUT2D eigenvalue weighted by atomic mass is 35.5. The Kier molecular flexibility index (Phi) is 4.39. The number of fused-ring (bicyclic) bond motifs is 1. The zero-order chi connectivity index (χ0) is 15.7. The summed E-state index contributed by atoms with van der Waals surface area (Å²) in [6.07, 6.45) is 0.984. The van der Waals surface area contributed by atoms with Crippen LogP contribution in [0.2, 0.25) is 5.02 Å². The number of furan rings is 1. The molecule has 1 saturated heterocycles. The minimum absolute atomic E-state index is 0.308. The van der Waals surface area contributed by atoms with Crippen molar-refractivity contribution in [2.24, 2.45) is 0 Å². The Hall–Kier alpha value is -1.17. The molecule has 4 nitrogen and oxygen atoms in total. The van der Waals surface area contributed by atoms with E-state index in [4.69, 9.17) is 16.0 Å². The smallest absolute Gasteiger partial charge is 0.252 e. The molecule has 1 atom stereocenters. The molecule has 3 rings (SSSR count). The molecular formula is C16H18ClNO3S. The summed E-state index contributed by atoms with van der Waals surface area (Å²) in [7, 11) is 0. The van der Waals surface area contributed by atoms with Crippen molar-refractivity contribution in [2.45, 2.75) is 31.4 Å². The molecule has 1 aromatic heterocycles. The average molecular weight is 340 g/mol. The number of halogens is 1. The summed E-state index contributed by atoms with van der Waals surface area (Å²) in [4.78, 5) is 12.3. The lowest BCUT2D eigenvalue weighted by Crippen LogP contribution is -2.49. The van der Waals surface area contributed by atoms with E-state index < -0.39 is 5.60 Å². The van der Waals surface area contributed by atoms with Gasteiger partial charge in [-0.3, -0.25) is 4.79 Å². The molecule has 6 heteroatoms. The fourth-order valence-corrected chi connectivity index (χ4v) is 3.94. The van der Waals surface area contributed by atoms with Crippen molar-refractivity contribution in [1.82, 2.24) is 5.32 Å². The molecular weight excluding hydrogens is 322 g/mol. The van der Waals surface area contributed by atoms with Crippen molar-refractivity contribution >= 4 is 40.2 Å². The highest BCUT2D eigenvalue weighted by Crippen LogP contribution is 2.29. The van der Waals surface area contributed by atoms with Gasteiger partial charge in [0.15, 0.2) is 0 Å². The van der Waals surface area contributed by atoms with Crippen molar-refractivity contribution < 1.29 is 14.3 Å². The number of thioether (sulfide) groups is 1. The summed E-state index contributed by atoms with van der Waals surface area (Å²) in [6, 6.07) is 6.96. The third-order valence-electron chi connectivity index (χ3n) is 4.01. The first-order chi connectivity index (χ1) is 10.5. The van der Waals surface area contributed by atoms with Gasteiger partial charge in [-0.2, -0.15) is 11.8 Å². The molecule has 1 aliphatic heterocycles. The average Bonchev–Trinajstić information content (AvgIpc) is 2.91. The van der Waals surface area contributed by atoms with E-state index in [1.54, 1.807) is 17.8 Å². The van der Waals surface area contributed by atoms with Crippen LogP contribution in [0.5, 0.6) is 0 Å². The van der Waals surface area contributed by atoms with Gasteiger partial charge in [-0.05, 0) is 55.5 Å². The number of benzene rings is 1. The molecule has 1 amide bonds. The molecule has 1 fully saturated rings. The molecule has 1 aromatic carbocycles. The first-order valence-corrected chi connectivity index (χ1v) is 8.81. The third kappa shape index (κ3) is 3.12. The van der Waals surface area contributed by atoms with Crippen molar-refractivity contribution in [2.75, 3.05) is 11.5 Å². The van der Waals surface area contributed by atoms with E-state index in [-0.39, 0.29) is 11.9 Å². The van der Waals surface area contributed by atoms with E-state index in [1.807, 2.05) is 25.1 Å². The molecule has 0 saturated carbocycles. The molecule has 2 aromatic rings. The maximum Gasteiger partial charge on any atom is 0.252 e. The molecule has 0 radical (unpaired) electrons. The quantitative estimate of drug-likeness (QED) is 0.898. The van der Waals surface area contributed by atoms with Gasteiger partial charge in [0.1, 0.15) is 16.9 Å². The van der Waals surface area contributed by atoms with Crippen LogP contribution < -0.4 is 5.32 Å². The van der Waals surface area contributed by atoms with Crippen LogP contribution in [0.1, 0.15) is 31.6 Å². The lowest BCUT2D eigenvalue weighted by molar-refractivity contribution is -0.141. The van der Waals surface area contributed by atoms with Crippen LogP contribution in [0, 0.1) is 0 Å². The van der Waals surface area contributed by atoms with Crippen LogP contribution in [0.25, 0.3) is 11.0 Å². The predicted octanol–water partition coefficient (Wildman–Crippen LogP) is 3.52. The summed E-state index contributed by atoms with van der Waals surface area (Å²) < 4.78 is 5.75. The van der Waals surface area contributed by atoms with Gasteiger partial charge in [-0.25, -0.2) is 0 Å². The number of hydrogen-bond acceptors (Lipinski definition) is 4. The second-order valence-corrected chi connectivity index (χ2v) is 7.33. The van der Waals surface area contributed by atoms with Gasteiger partial charge in [0.05, 0.1) is 6.04 Å². The summed E-state index contributed by atoms with van der Waals surface area (Å²) in [6.45, 7) is 1.85. The lowest BCUT2D eigenvalue weighted by atomic mass is 9.95.